The number of anilines is 1. The maximum atomic E-state index is 12.1. The van der Waals surface area contributed by atoms with Crippen molar-refractivity contribution < 1.29 is 9.59 Å². The second-order valence-corrected chi connectivity index (χ2v) is 5.27. The summed E-state index contributed by atoms with van der Waals surface area (Å²) in [7, 11) is 0. The van der Waals surface area contributed by atoms with Crippen molar-refractivity contribution in [1.29, 1.82) is 0 Å². The van der Waals surface area contributed by atoms with E-state index in [9.17, 15) is 9.59 Å². The molecule has 0 atom stereocenters. The number of nitrogens with two attached hydrogens (primary N) is 1. The number of rotatable bonds is 4. The first kappa shape index (κ1) is 14.5. The minimum atomic E-state index is -0.232. The van der Waals surface area contributed by atoms with E-state index < -0.39 is 0 Å². The molecule has 0 unspecified atom stereocenters. The molecule has 0 saturated heterocycles. The summed E-state index contributed by atoms with van der Waals surface area (Å²) in [6, 6.07) is 7.29. The van der Waals surface area contributed by atoms with Crippen molar-refractivity contribution >= 4 is 17.5 Å². The quantitative estimate of drug-likeness (QED) is 0.444. The van der Waals surface area contributed by atoms with E-state index in [1.165, 1.54) is 6.42 Å². The van der Waals surface area contributed by atoms with Crippen LogP contribution in [-0.4, -0.2) is 11.8 Å². The molecule has 0 spiro atoms. The first-order valence-electron chi connectivity index (χ1n) is 7.08. The highest BCUT2D eigenvalue weighted by Gasteiger charge is 2.20. The lowest BCUT2D eigenvalue weighted by Gasteiger charge is -2.20. The Labute approximate surface area is 118 Å². The normalized spacial score (nSPS) is 15.7. The van der Waals surface area contributed by atoms with Crippen molar-refractivity contribution in [2.75, 3.05) is 5.32 Å². The third-order valence-corrected chi connectivity index (χ3v) is 3.72. The molecule has 1 fully saturated rings. The van der Waals surface area contributed by atoms with E-state index in [0.29, 0.717) is 0 Å². The molecule has 4 N–H and O–H groups in total. The number of benzene rings is 1. The molecule has 2 amide bonds. The van der Waals surface area contributed by atoms with Crippen molar-refractivity contribution in [2.45, 2.75) is 38.5 Å². The molecule has 0 aromatic heterocycles. The van der Waals surface area contributed by atoms with E-state index in [1.54, 1.807) is 0 Å². The fourth-order valence-corrected chi connectivity index (χ4v) is 2.55. The Kier molecular flexibility index (Phi) is 5.12. The summed E-state index contributed by atoms with van der Waals surface area (Å²) in [5.74, 6) is 5.06. The summed E-state index contributed by atoms with van der Waals surface area (Å²) in [4.78, 5) is 23.2. The van der Waals surface area contributed by atoms with Crippen molar-refractivity contribution in [2.24, 2.45) is 11.8 Å². The highest BCUT2D eigenvalue weighted by molar-refractivity contribution is 5.92. The van der Waals surface area contributed by atoms with Crippen LogP contribution >= 0.6 is 0 Å². The average molecular weight is 275 g/mol. The van der Waals surface area contributed by atoms with E-state index in [4.69, 9.17) is 5.84 Å². The van der Waals surface area contributed by atoms with Crippen LogP contribution in [0.5, 0.6) is 0 Å². The summed E-state index contributed by atoms with van der Waals surface area (Å²) < 4.78 is 0. The van der Waals surface area contributed by atoms with Crippen molar-refractivity contribution in [3.05, 3.63) is 29.8 Å². The minimum Gasteiger partial charge on any atom is -0.326 e. The zero-order chi connectivity index (χ0) is 14.4. The monoisotopic (exact) mass is 275 g/mol. The van der Waals surface area contributed by atoms with Crippen molar-refractivity contribution in [1.82, 2.24) is 5.43 Å². The molecule has 20 heavy (non-hydrogen) atoms. The zero-order valence-electron chi connectivity index (χ0n) is 11.5. The molecular weight excluding hydrogens is 254 g/mol. The first-order valence-corrected chi connectivity index (χ1v) is 7.08. The van der Waals surface area contributed by atoms with Crippen LogP contribution in [0.3, 0.4) is 0 Å². The van der Waals surface area contributed by atoms with Gasteiger partial charge in [0.05, 0.1) is 6.42 Å². The summed E-state index contributed by atoms with van der Waals surface area (Å²) in [5, 5.41) is 2.94. The lowest BCUT2D eigenvalue weighted by molar-refractivity contribution is -0.121. The Morgan fingerprint density at radius 2 is 1.75 bits per heavy atom. The Balaban J connectivity index is 1.89. The smallest absolute Gasteiger partial charge is 0.238 e. The van der Waals surface area contributed by atoms with Crippen molar-refractivity contribution in [3.63, 3.8) is 0 Å². The number of carbonyl (C=O) groups excluding carboxylic acids is 2. The molecule has 5 nitrogen and oxygen atoms in total. The zero-order valence-corrected chi connectivity index (χ0v) is 11.5. The van der Waals surface area contributed by atoms with E-state index in [-0.39, 0.29) is 24.2 Å². The highest BCUT2D eigenvalue weighted by Crippen LogP contribution is 2.25. The van der Waals surface area contributed by atoms with Gasteiger partial charge in [0.25, 0.3) is 0 Å². The van der Waals surface area contributed by atoms with Gasteiger partial charge in [0.15, 0.2) is 0 Å². The lowest BCUT2D eigenvalue weighted by Crippen LogP contribution is -2.31. The van der Waals surface area contributed by atoms with Gasteiger partial charge in [-0.1, -0.05) is 31.4 Å². The van der Waals surface area contributed by atoms with Gasteiger partial charge < -0.3 is 5.32 Å². The van der Waals surface area contributed by atoms with E-state index in [2.05, 4.69) is 10.7 Å². The molecule has 1 aromatic rings. The maximum absolute atomic E-state index is 12.1. The summed E-state index contributed by atoms with van der Waals surface area (Å²) >= 11 is 0. The molecule has 1 aromatic carbocycles. The van der Waals surface area contributed by atoms with Crippen LogP contribution in [-0.2, 0) is 16.0 Å². The molecule has 0 radical (unpaired) electrons. The third-order valence-electron chi connectivity index (χ3n) is 3.72. The van der Waals surface area contributed by atoms with Crippen LogP contribution in [0.1, 0.15) is 37.7 Å². The first-order chi connectivity index (χ1) is 9.69. The number of hydrogen-bond acceptors (Lipinski definition) is 3. The van der Waals surface area contributed by atoms with Gasteiger partial charge in [0, 0.05) is 11.6 Å². The fourth-order valence-electron chi connectivity index (χ4n) is 2.55. The van der Waals surface area contributed by atoms with E-state index in [0.717, 1.165) is 36.9 Å². The van der Waals surface area contributed by atoms with Gasteiger partial charge >= 0.3 is 0 Å². The highest BCUT2D eigenvalue weighted by atomic mass is 16.2. The third kappa shape index (κ3) is 4.06. The van der Waals surface area contributed by atoms with Crippen LogP contribution in [0.25, 0.3) is 0 Å². The van der Waals surface area contributed by atoms with Gasteiger partial charge in [-0.25, -0.2) is 5.84 Å². The van der Waals surface area contributed by atoms with E-state index >= 15 is 0 Å². The Bertz CT molecular complexity index is 465. The predicted octanol–water partition coefficient (Wildman–Crippen LogP) is 1.74. The Morgan fingerprint density at radius 1 is 1.10 bits per heavy atom. The van der Waals surface area contributed by atoms with Gasteiger partial charge in [-0.3, -0.25) is 15.0 Å². The van der Waals surface area contributed by atoms with Gasteiger partial charge in [0.2, 0.25) is 11.8 Å². The van der Waals surface area contributed by atoms with Gasteiger partial charge in [-0.2, -0.15) is 0 Å². The summed E-state index contributed by atoms with van der Waals surface area (Å²) in [6.45, 7) is 0. The van der Waals surface area contributed by atoms with E-state index in [1.807, 2.05) is 24.3 Å². The van der Waals surface area contributed by atoms with Crippen LogP contribution < -0.4 is 16.6 Å². The van der Waals surface area contributed by atoms with Gasteiger partial charge in [-0.15, -0.1) is 0 Å². The molecule has 0 bridgehead atoms. The predicted molar refractivity (Wildman–Crippen MR) is 77.7 cm³/mol. The number of hydrogen-bond donors (Lipinski definition) is 3. The fraction of sp³-hybridized carbons (Fsp3) is 0.467. The van der Waals surface area contributed by atoms with Crippen LogP contribution in [0.15, 0.2) is 24.3 Å². The molecule has 5 heteroatoms. The van der Waals surface area contributed by atoms with Crippen molar-refractivity contribution in [3.8, 4) is 0 Å². The second kappa shape index (κ2) is 7.05. The Hall–Kier alpha value is -1.88. The minimum absolute atomic E-state index is 0.108. The molecule has 0 aliphatic heterocycles. The Morgan fingerprint density at radius 3 is 2.35 bits per heavy atom. The molecule has 108 valence electrons. The largest absolute Gasteiger partial charge is 0.326 e. The molecule has 0 heterocycles. The number of nitrogens with one attached hydrogen (secondary N) is 2. The lowest BCUT2D eigenvalue weighted by atomic mass is 9.88. The number of carbonyl (C=O) groups is 2. The topological polar surface area (TPSA) is 84.2 Å². The SMILES string of the molecule is NNC(=O)Cc1ccc(NC(=O)C2CCCCC2)cc1. The maximum Gasteiger partial charge on any atom is 0.238 e. The second-order valence-electron chi connectivity index (χ2n) is 5.27. The average Bonchev–Trinajstić information content (AvgIpc) is 2.50. The molecule has 2 rings (SSSR count). The van der Waals surface area contributed by atoms with Gasteiger partial charge in [-0.05, 0) is 30.5 Å². The molecule has 1 aliphatic rings. The molecular formula is C15H21N3O2. The summed E-state index contributed by atoms with van der Waals surface area (Å²) in [6.07, 6.45) is 5.74. The molecule has 1 aliphatic carbocycles. The van der Waals surface area contributed by atoms with Crippen LogP contribution in [0.4, 0.5) is 5.69 Å². The van der Waals surface area contributed by atoms with Gasteiger partial charge in [0.1, 0.15) is 0 Å². The number of hydrazine groups is 1. The van der Waals surface area contributed by atoms with Crippen LogP contribution in [0, 0.1) is 5.92 Å². The standard InChI is InChI=1S/C15H21N3O2/c16-18-14(19)10-11-6-8-13(9-7-11)17-15(20)12-4-2-1-3-5-12/h6-9,12H,1-5,10,16H2,(H,17,20)(H,18,19). The number of amides is 2. The van der Waals surface area contributed by atoms with Crippen LogP contribution in [0.2, 0.25) is 0 Å². The summed E-state index contributed by atoms with van der Waals surface area (Å²) in [5.41, 5.74) is 3.73. The molecule has 1 saturated carbocycles.